The maximum absolute atomic E-state index is 10.2. The van der Waals surface area contributed by atoms with Crippen molar-refractivity contribution in [2.45, 2.75) is 23.5 Å². The summed E-state index contributed by atoms with van der Waals surface area (Å²) in [6.45, 7) is 0. The lowest BCUT2D eigenvalue weighted by atomic mass is 10.0. The highest BCUT2D eigenvalue weighted by molar-refractivity contribution is 7.99. The minimum atomic E-state index is -0.604. The first-order valence-electron chi connectivity index (χ1n) is 6.71. The van der Waals surface area contributed by atoms with Gasteiger partial charge in [0.05, 0.1) is 11.1 Å². The van der Waals surface area contributed by atoms with Crippen LogP contribution in [-0.2, 0) is 6.42 Å². The van der Waals surface area contributed by atoms with Crippen LogP contribution in [0.4, 0.5) is 5.69 Å². The van der Waals surface area contributed by atoms with Crippen LogP contribution >= 0.6 is 23.4 Å². The van der Waals surface area contributed by atoms with Crippen LogP contribution in [0.3, 0.4) is 0 Å². The van der Waals surface area contributed by atoms with Gasteiger partial charge in [0.15, 0.2) is 0 Å². The number of thioether (sulfide) groups is 1. The van der Waals surface area contributed by atoms with Crippen molar-refractivity contribution in [1.82, 2.24) is 0 Å². The van der Waals surface area contributed by atoms with E-state index in [9.17, 15) is 5.11 Å². The molecule has 0 saturated heterocycles. The number of hydrogen-bond acceptors (Lipinski definition) is 4. The Morgan fingerprint density at radius 2 is 1.86 bits per heavy atom. The molecule has 0 bridgehead atoms. The van der Waals surface area contributed by atoms with Crippen molar-refractivity contribution in [3.05, 3.63) is 59.1 Å². The molecule has 5 heteroatoms. The minimum absolute atomic E-state index is 0.306. The molecule has 2 aromatic rings. The van der Waals surface area contributed by atoms with Gasteiger partial charge in [0.25, 0.3) is 0 Å². The SMILES string of the molecule is Nc1ccc(Cl)c(SCC(O)C(N)Cc2ccccc2)c1. The van der Waals surface area contributed by atoms with Crippen molar-refractivity contribution in [2.75, 3.05) is 11.5 Å². The van der Waals surface area contributed by atoms with Crippen LogP contribution in [0.5, 0.6) is 0 Å². The minimum Gasteiger partial charge on any atom is -0.399 e. The Morgan fingerprint density at radius 1 is 1.14 bits per heavy atom. The fourth-order valence-electron chi connectivity index (χ4n) is 1.95. The topological polar surface area (TPSA) is 72.3 Å². The van der Waals surface area contributed by atoms with Crippen LogP contribution in [0.25, 0.3) is 0 Å². The predicted octanol–water partition coefficient (Wildman–Crippen LogP) is 2.95. The highest BCUT2D eigenvalue weighted by atomic mass is 35.5. The summed E-state index contributed by atoms with van der Waals surface area (Å²) in [5, 5.41) is 10.8. The number of rotatable bonds is 6. The van der Waals surface area contributed by atoms with Gasteiger partial charge in [-0.25, -0.2) is 0 Å². The fourth-order valence-corrected chi connectivity index (χ4v) is 3.26. The van der Waals surface area contributed by atoms with Crippen molar-refractivity contribution in [3.8, 4) is 0 Å². The van der Waals surface area contributed by atoms with Crippen molar-refractivity contribution >= 4 is 29.1 Å². The van der Waals surface area contributed by atoms with Crippen LogP contribution in [0, 0.1) is 0 Å². The number of aliphatic hydroxyl groups excluding tert-OH is 1. The Bertz CT molecular complexity index is 580. The molecule has 0 saturated carbocycles. The van der Waals surface area contributed by atoms with E-state index >= 15 is 0 Å². The Morgan fingerprint density at radius 3 is 2.57 bits per heavy atom. The van der Waals surface area contributed by atoms with Gasteiger partial charge in [0.1, 0.15) is 0 Å². The molecule has 0 aliphatic rings. The zero-order chi connectivity index (χ0) is 15.2. The molecule has 2 rings (SSSR count). The average molecular weight is 323 g/mol. The summed E-state index contributed by atoms with van der Waals surface area (Å²) in [6.07, 6.45) is 0.0421. The summed E-state index contributed by atoms with van der Waals surface area (Å²) in [5.41, 5.74) is 13.6. The average Bonchev–Trinajstić information content (AvgIpc) is 2.49. The van der Waals surface area contributed by atoms with E-state index in [4.69, 9.17) is 23.1 Å². The van der Waals surface area contributed by atoms with Crippen LogP contribution in [0.2, 0.25) is 5.02 Å². The van der Waals surface area contributed by atoms with Gasteiger partial charge < -0.3 is 16.6 Å². The van der Waals surface area contributed by atoms with Gasteiger partial charge in [-0.1, -0.05) is 41.9 Å². The number of hydrogen-bond donors (Lipinski definition) is 3. The van der Waals surface area contributed by atoms with Gasteiger partial charge in [-0.3, -0.25) is 0 Å². The lowest BCUT2D eigenvalue weighted by molar-refractivity contribution is 0.167. The van der Waals surface area contributed by atoms with E-state index in [0.29, 0.717) is 22.9 Å². The third-order valence-electron chi connectivity index (χ3n) is 3.17. The smallest absolute Gasteiger partial charge is 0.0788 e. The molecule has 5 N–H and O–H groups in total. The largest absolute Gasteiger partial charge is 0.399 e. The van der Waals surface area contributed by atoms with Crippen molar-refractivity contribution in [2.24, 2.45) is 5.73 Å². The molecular formula is C16H19ClN2OS. The summed E-state index contributed by atoms with van der Waals surface area (Å²) >= 11 is 7.57. The quantitative estimate of drug-likeness (QED) is 0.565. The highest BCUT2D eigenvalue weighted by Crippen LogP contribution is 2.29. The monoisotopic (exact) mass is 322 g/mol. The molecule has 112 valence electrons. The zero-order valence-corrected chi connectivity index (χ0v) is 13.1. The molecule has 2 unspecified atom stereocenters. The molecule has 0 heterocycles. The zero-order valence-electron chi connectivity index (χ0n) is 11.6. The second kappa shape index (κ2) is 7.71. The summed E-state index contributed by atoms with van der Waals surface area (Å²) in [4.78, 5) is 0.864. The fraction of sp³-hybridized carbons (Fsp3) is 0.250. The molecule has 0 amide bonds. The maximum Gasteiger partial charge on any atom is 0.0788 e. The molecular weight excluding hydrogens is 304 g/mol. The van der Waals surface area contributed by atoms with E-state index < -0.39 is 6.10 Å². The molecule has 0 aliphatic heterocycles. The molecule has 3 nitrogen and oxygen atoms in total. The van der Waals surface area contributed by atoms with E-state index in [1.807, 2.05) is 36.4 Å². The molecule has 2 atom stereocenters. The van der Waals surface area contributed by atoms with Crippen LogP contribution in [0.1, 0.15) is 5.56 Å². The Labute approximate surface area is 134 Å². The number of halogens is 1. The first-order valence-corrected chi connectivity index (χ1v) is 8.08. The summed E-state index contributed by atoms with van der Waals surface area (Å²) < 4.78 is 0. The molecule has 0 aliphatic carbocycles. The van der Waals surface area contributed by atoms with Gasteiger partial charge in [-0.2, -0.15) is 0 Å². The Balaban J connectivity index is 1.89. The van der Waals surface area contributed by atoms with Crippen LogP contribution < -0.4 is 11.5 Å². The normalized spacial score (nSPS) is 13.9. The number of nitrogen functional groups attached to an aromatic ring is 1. The summed E-state index contributed by atoms with van der Waals surface area (Å²) in [7, 11) is 0. The molecule has 0 spiro atoms. The van der Waals surface area contributed by atoms with Gasteiger partial charge in [0.2, 0.25) is 0 Å². The molecule has 2 aromatic carbocycles. The Hall–Kier alpha value is -1.20. The first-order chi connectivity index (χ1) is 10.1. The van der Waals surface area contributed by atoms with Gasteiger partial charge in [-0.05, 0) is 30.2 Å². The van der Waals surface area contributed by atoms with E-state index in [2.05, 4.69) is 0 Å². The maximum atomic E-state index is 10.2. The predicted molar refractivity (Wildman–Crippen MR) is 90.7 cm³/mol. The van der Waals surface area contributed by atoms with Crippen molar-refractivity contribution in [1.29, 1.82) is 0 Å². The second-order valence-corrected chi connectivity index (χ2v) is 6.39. The summed E-state index contributed by atoms with van der Waals surface area (Å²) in [5.74, 6) is 0.483. The third kappa shape index (κ3) is 4.93. The second-order valence-electron chi connectivity index (χ2n) is 4.92. The number of nitrogens with two attached hydrogens (primary N) is 2. The van der Waals surface area contributed by atoms with Gasteiger partial charge >= 0.3 is 0 Å². The van der Waals surface area contributed by atoms with Gasteiger partial charge in [0, 0.05) is 22.4 Å². The van der Waals surface area contributed by atoms with E-state index in [0.717, 1.165) is 10.5 Å². The molecule has 21 heavy (non-hydrogen) atoms. The number of aliphatic hydroxyl groups is 1. The van der Waals surface area contributed by atoms with E-state index in [1.54, 1.807) is 12.1 Å². The van der Waals surface area contributed by atoms with Crippen LogP contribution in [-0.4, -0.2) is 23.0 Å². The molecule has 0 fully saturated rings. The lowest BCUT2D eigenvalue weighted by Gasteiger charge is -2.19. The standard InChI is InChI=1S/C16H19ClN2OS/c17-13-7-6-12(18)9-16(13)21-10-15(20)14(19)8-11-4-2-1-3-5-11/h1-7,9,14-15,20H,8,10,18-19H2. The first kappa shape index (κ1) is 16.2. The number of anilines is 1. The van der Waals surface area contributed by atoms with E-state index in [1.165, 1.54) is 11.8 Å². The van der Waals surface area contributed by atoms with Crippen LogP contribution in [0.15, 0.2) is 53.4 Å². The third-order valence-corrected chi connectivity index (χ3v) is 4.77. The number of benzene rings is 2. The van der Waals surface area contributed by atoms with Crippen molar-refractivity contribution in [3.63, 3.8) is 0 Å². The highest BCUT2D eigenvalue weighted by Gasteiger charge is 2.16. The Kier molecular flexibility index (Phi) is 5.94. The van der Waals surface area contributed by atoms with E-state index in [-0.39, 0.29) is 6.04 Å². The van der Waals surface area contributed by atoms with Crippen molar-refractivity contribution < 1.29 is 5.11 Å². The molecule has 0 aromatic heterocycles. The lowest BCUT2D eigenvalue weighted by Crippen LogP contribution is -2.38. The summed E-state index contributed by atoms with van der Waals surface area (Å²) in [6, 6.07) is 14.9. The molecule has 0 radical (unpaired) electrons. The van der Waals surface area contributed by atoms with Gasteiger partial charge in [-0.15, -0.1) is 11.8 Å².